The van der Waals surface area contributed by atoms with Crippen molar-refractivity contribution in [2.75, 3.05) is 6.54 Å². The summed E-state index contributed by atoms with van der Waals surface area (Å²) < 4.78 is 26.2. The van der Waals surface area contributed by atoms with Gasteiger partial charge in [0, 0.05) is 6.54 Å². The summed E-state index contributed by atoms with van der Waals surface area (Å²) in [5.74, 6) is 4.63. The molecule has 3 N–H and O–H groups in total. The van der Waals surface area contributed by atoms with E-state index >= 15 is 0 Å². The zero-order valence-electron chi connectivity index (χ0n) is 10.7. The largest absolute Gasteiger partial charge is 0.293 e. The van der Waals surface area contributed by atoms with E-state index in [2.05, 4.69) is 0 Å². The minimum Gasteiger partial charge on any atom is -0.293 e. The van der Waals surface area contributed by atoms with Crippen LogP contribution in [0, 0.1) is 6.92 Å². The molecule has 1 amide bonds. The van der Waals surface area contributed by atoms with Crippen LogP contribution in [0.15, 0.2) is 29.2 Å². The third kappa shape index (κ3) is 2.63. The number of amides is 1. The van der Waals surface area contributed by atoms with Crippen LogP contribution in [-0.2, 0) is 14.8 Å². The molecule has 104 valence electrons. The predicted octanol–water partition coefficient (Wildman–Crippen LogP) is 0.138. The van der Waals surface area contributed by atoms with Gasteiger partial charge in [-0.15, -0.1) is 0 Å². The van der Waals surface area contributed by atoms with Crippen LogP contribution in [0.5, 0.6) is 0 Å². The fraction of sp³-hybridized carbons (Fsp3) is 0.417. The van der Waals surface area contributed by atoms with Crippen molar-refractivity contribution in [3.8, 4) is 0 Å². The third-order valence-corrected chi connectivity index (χ3v) is 5.20. The van der Waals surface area contributed by atoms with Crippen LogP contribution in [0.2, 0.25) is 0 Å². The van der Waals surface area contributed by atoms with Crippen molar-refractivity contribution in [1.29, 1.82) is 0 Å². The van der Waals surface area contributed by atoms with Gasteiger partial charge in [0.15, 0.2) is 0 Å². The van der Waals surface area contributed by atoms with E-state index in [9.17, 15) is 13.2 Å². The van der Waals surface area contributed by atoms with Gasteiger partial charge < -0.3 is 0 Å². The molecule has 0 bridgehead atoms. The molecule has 0 saturated carbocycles. The van der Waals surface area contributed by atoms with Gasteiger partial charge in [-0.3, -0.25) is 10.2 Å². The lowest BCUT2D eigenvalue weighted by Gasteiger charge is -2.22. The van der Waals surface area contributed by atoms with Gasteiger partial charge in [-0.05, 0) is 31.9 Å². The Morgan fingerprint density at radius 1 is 1.37 bits per heavy atom. The molecular formula is C12H17N3O3S. The second kappa shape index (κ2) is 5.28. The molecule has 1 fully saturated rings. The Morgan fingerprint density at radius 3 is 2.58 bits per heavy atom. The molecule has 19 heavy (non-hydrogen) atoms. The van der Waals surface area contributed by atoms with Gasteiger partial charge in [0.25, 0.3) is 5.91 Å². The first-order valence-electron chi connectivity index (χ1n) is 6.06. The van der Waals surface area contributed by atoms with Crippen LogP contribution < -0.4 is 11.3 Å². The number of benzene rings is 1. The SMILES string of the molecule is Cc1ccc(S(=O)(=O)N2CCCC2C(=O)NN)cc1. The van der Waals surface area contributed by atoms with Gasteiger partial charge >= 0.3 is 0 Å². The summed E-state index contributed by atoms with van der Waals surface area (Å²) in [5.41, 5.74) is 3.01. The number of sulfonamides is 1. The molecule has 1 heterocycles. The average molecular weight is 283 g/mol. The highest BCUT2D eigenvalue weighted by Gasteiger charge is 2.39. The number of hydrogen-bond acceptors (Lipinski definition) is 4. The third-order valence-electron chi connectivity index (χ3n) is 3.28. The Kier molecular flexibility index (Phi) is 3.88. The van der Waals surface area contributed by atoms with Crippen molar-refractivity contribution in [2.45, 2.75) is 30.7 Å². The van der Waals surface area contributed by atoms with Gasteiger partial charge in [0.2, 0.25) is 10.0 Å². The Labute approximate surface area is 112 Å². The first kappa shape index (κ1) is 14.0. The normalized spacial score (nSPS) is 20.4. The second-order valence-corrected chi connectivity index (χ2v) is 6.49. The standard InChI is InChI=1S/C12H17N3O3S/c1-9-4-6-10(7-5-9)19(17,18)15-8-2-3-11(15)12(16)14-13/h4-7,11H,2-3,8,13H2,1H3,(H,14,16). The number of hydrazine groups is 1. The first-order valence-corrected chi connectivity index (χ1v) is 7.50. The molecule has 1 atom stereocenters. The Hall–Kier alpha value is -1.44. The molecule has 0 aliphatic carbocycles. The highest BCUT2D eigenvalue weighted by atomic mass is 32.2. The van der Waals surface area contributed by atoms with Gasteiger partial charge in [-0.1, -0.05) is 17.7 Å². The van der Waals surface area contributed by atoms with Crippen molar-refractivity contribution < 1.29 is 13.2 Å². The van der Waals surface area contributed by atoms with Gasteiger partial charge in [-0.25, -0.2) is 14.3 Å². The summed E-state index contributed by atoms with van der Waals surface area (Å²) in [5, 5.41) is 0. The number of aryl methyl sites for hydroxylation is 1. The summed E-state index contributed by atoms with van der Waals surface area (Å²) in [6, 6.07) is 5.87. The number of nitrogens with zero attached hydrogens (tertiary/aromatic N) is 1. The van der Waals surface area contributed by atoms with Crippen molar-refractivity contribution >= 4 is 15.9 Å². The van der Waals surface area contributed by atoms with Crippen molar-refractivity contribution in [3.05, 3.63) is 29.8 Å². The highest BCUT2D eigenvalue weighted by Crippen LogP contribution is 2.26. The number of carbonyl (C=O) groups is 1. The van der Waals surface area contributed by atoms with Crippen molar-refractivity contribution in [1.82, 2.24) is 9.73 Å². The highest BCUT2D eigenvalue weighted by molar-refractivity contribution is 7.89. The molecule has 1 aliphatic heterocycles. The molecule has 6 nitrogen and oxygen atoms in total. The number of nitrogens with one attached hydrogen (secondary N) is 1. The van der Waals surface area contributed by atoms with E-state index in [1.165, 1.54) is 4.31 Å². The minimum atomic E-state index is -3.64. The van der Waals surface area contributed by atoms with Gasteiger partial charge in [-0.2, -0.15) is 4.31 Å². The molecule has 2 rings (SSSR count). The van der Waals surface area contributed by atoms with Crippen molar-refractivity contribution in [3.63, 3.8) is 0 Å². The van der Waals surface area contributed by atoms with Crippen LogP contribution in [0.3, 0.4) is 0 Å². The molecular weight excluding hydrogens is 266 g/mol. The number of rotatable bonds is 3. The number of nitrogens with two attached hydrogens (primary N) is 1. The minimum absolute atomic E-state index is 0.204. The van der Waals surface area contributed by atoms with Gasteiger partial charge in [0.05, 0.1) is 4.90 Å². The van der Waals surface area contributed by atoms with E-state index in [1.807, 2.05) is 12.3 Å². The quantitative estimate of drug-likeness (QED) is 0.469. The molecule has 0 aromatic heterocycles. The molecule has 0 spiro atoms. The Morgan fingerprint density at radius 2 is 2.00 bits per heavy atom. The van der Waals surface area contributed by atoms with E-state index in [-0.39, 0.29) is 4.90 Å². The summed E-state index contributed by atoms with van der Waals surface area (Å²) in [4.78, 5) is 11.8. The van der Waals surface area contributed by atoms with Crippen LogP contribution in [0.4, 0.5) is 0 Å². The van der Waals surface area contributed by atoms with Crippen molar-refractivity contribution in [2.24, 2.45) is 5.84 Å². The molecule has 1 saturated heterocycles. The fourth-order valence-corrected chi connectivity index (χ4v) is 3.89. The molecule has 0 radical (unpaired) electrons. The van der Waals surface area contributed by atoms with E-state index < -0.39 is 22.0 Å². The zero-order chi connectivity index (χ0) is 14.0. The Balaban J connectivity index is 2.33. The van der Waals surface area contributed by atoms with Crippen LogP contribution >= 0.6 is 0 Å². The van der Waals surface area contributed by atoms with E-state index in [0.29, 0.717) is 19.4 Å². The first-order chi connectivity index (χ1) is 8.96. The van der Waals surface area contributed by atoms with Crippen LogP contribution in [-0.4, -0.2) is 31.2 Å². The predicted molar refractivity (Wildman–Crippen MR) is 70.4 cm³/mol. The molecule has 1 aliphatic rings. The van der Waals surface area contributed by atoms with Crippen LogP contribution in [0.25, 0.3) is 0 Å². The molecule has 7 heteroatoms. The maximum absolute atomic E-state index is 12.5. The van der Waals surface area contributed by atoms with E-state index in [0.717, 1.165) is 5.56 Å². The lowest BCUT2D eigenvalue weighted by Crippen LogP contribution is -2.47. The molecule has 1 aromatic carbocycles. The summed E-state index contributed by atoms with van der Waals surface area (Å²) in [6.45, 7) is 2.23. The Bertz CT molecular complexity index is 568. The van der Waals surface area contributed by atoms with Gasteiger partial charge in [0.1, 0.15) is 6.04 Å². The zero-order valence-corrected chi connectivity index (χ0v) is 11.5. The van der Waals surface area contributed by atoms with Crippen LogP contribution in [0.1, 0.15) is 18.4 Å². The number of carbonyl (C=O) groups excluding carboxylic acids is 1. The molecule has 1 unspecified atom stereocenters. The summed E-state index contributed by atoms with van der Waals surface area (Å²) >= 11 is 0. The van der Waals surface area contributed by atoms with E-state index in [4.69, 9.17) is 5.84 Å². The summed E-state index contributed by atoms with van der Waals surface area (Å²) in [7, 11) is -3.64. The van der Waals surface area contributed by atoms with E-state index in [1.54, 1.807) is 24.3 Å². The second-order valence-electron chi connectivity index (χ2n) is 4.60. The fourth-order valence-electron chi connectivity index (χ4n) is 2.23. The lowest BCUT2D eigenvalue weighted by molar-refractivity contribution is -0.124. The maximum Gasteiger partial charge on any atom is 0.252 e. The lowest BCUT2D eigenvalue weighted by atomic mass is 10.2. The average Bonchev–Trinajstić information content (AvgIpc) is 2.88. The maximum atomic E-state index is 12.5. The monoisotopic (exact) mass is 283 g/mol. The number of hydrogen-bond donors (Lipinski definition) is 2. The summed E-state index contributed by atoms with van der Waals surface area (Å²) in [6.07, 6.45) is 1.15. The molecule has 1 aromatic rings. The smallest absolute Gasteiger partial charge is 0.252 e. The topological polar surface area (TPSA) is 92.5 Å².